The maximum absolute atomic E-state index is 5.68. The van der Waals surface area contributed by atoms with E-state index in [4.69, 9.17) is 11.6 Å². The van der Waals surface area contributed by atoms with E-state index in [1.807, 2.05) is 12.5 Å². The summed E-state index contributed by atoms with van der Waals surface area (Å²) < 4.78 is 2.12. The van der Waals surface area contributed by atoms with Crippen molar-refractivity contribution in [3.8, 4) is 0 Å². The Hall–Kier alpha value is -0.500. The number of rotatable bonds is 2. The second-order valence-corrected chi connectivity index (χ2v) is 4.76. The van der Waals surface area contributed by atoms with Crippen LogP contribution in [0.25, 0.3) is 0 Å². The fourth-order valence-electron chi connectivity index (χ4n) is 1.11. The van der Waals surface area contributed by atoms with Gasteiger partial charge in [0.25, 0.3) is 0 Å². The van der Waals surface area contributed by atoms with Crippen molar-refractivity contribution in [2.45, 2.75) is 39.6 Å². The van der Waals surface area contributed by atoms with E-state index < -0.39 is 0 Å². The Labute approximate surface area is 84.9 Å². The van der Waals surface area contributed by atoms with Crippen molar-refractivity contribution in [3.63, 3.8) is 0 Å². The van der Waals surface area contributed by atoms with Crippen molar-refractivity contribution in [2.75, 3.05) is 0 Å². The molecule has 74 valence electrons. The number of hydrogen-bond acceptors (Lipinski definition) is 1. The molecule has 0 fully saturated rings. The number of alkyl halides is 1. The summed E-state index contributed by atoms with van der Waals surface area (Å²) in [6.45, 7) is 8.85. The van der Waals surface area contributed by atoms with Gasteiger partial charge in [0.15, 0.2) is 0 Å². The molecule has 0 radical (unpaired) electrons. The van der Waals surface area contributed by atoms with E-state index in [2.05, 4.69) is 37.2 Å². The van der Waals surface area contributed by atoms with E-state index in [0.717, 1.165) is 5.69 Å². The molecule has 13 heavy (non-hydrogen) atoms. The summed E-state index contributed by atoms with van der Waals surface area (Å²) in [5.41, 5.74) is 1.20. The second kappa shape index (κ2) is 3.70. The lowest BCUT2D eigenvalue weighted by Crippen LogP contribution is -2.20. The van der Waals surface area contributed by atoms with E-state index >= 15 is 0 Å². The lowest BCUT2D eigenvalue weighted by molar-refractivity contribution is 0.262. The monoisotopic (exact) mass is 200 g/mol. The summed E-state index contributed by atoms with van der Waals surface area (Å²) >= 11 is 5.68. The van der Waals surface area contributed by atoms with Gasteiger partial charge >= 0.3 is 0 Å². The standard InChI is InChI=1S/C10H17ClN2/c1-8(10(2,3)4)13-6-9(5-11)12-7-13/h6-8H,5H2,1-4H3. The first-order chi connectivity index (χ1) is 5.95. The van der Waals surface area contributed by atoms with Gasteiger partial charge in [0.2, 0.25) is 0 Å². The van der Waals surface area contributed by atoms with Gasteiger partial charge in [-0.1, -0.05) is 20.8 Å². The molecule has 1 atom stereocenters. The molecule has 0 saturated heterocycles. The van der Waals surface area contributed by atoms with Crippen LogP contribution in [0.1, 0.15) is 39.4 Å². The van der Waals surface area contributed by atoms with Gasteiger partial charge in [0.1, 0.15) is 0 Å². The predicted octanol–water partition coefficient (Wildman–Crippen LogP) is 3.23. The lowest BCUT2D eigenvalue weighted by atomic mass is 9.88. The van der Waals surface area contributed by atoms with Crippen LogP contribution in [0, 0.1) is 5.41 Å². The average Bonchev–Trinajstić information content (AvgIpc) is 2.48. The van der Waals surface area contributed by atoms with E-state index in [9.17, 15) is 0 Å². The van der Waals surface area contributed by atoms with Gasteiger partial charge in [-0.05, 0) is 12.3 Å². The highest BCUT2D eigenvalue weighted by Crippen LogP contribution is 2.29. The third-order valence-electron chi connectivity index (χ3n) is 2.49. The summed E-state index contributed by atoms with van der Waals surface area (Å²) in [4.78, 5) is 4.20. The van der Waals surface area contributed by atoms with Gasteiger partial charge < -0.3 is 4.57 Å². The lowest BCUT2D eigenvalue weighted by Gasteiger charge is -2.28. The first-order valence-electron chi connectivity index (χ1n) is 4.53. The fourth-order valence-corrected chi connectivity index (χ4v) is 1.25. The summed E-state index contributed by atoms with van der Waals surface area (Å²) in [6.07, 6.45) is 3.87. The molecule has 0 aliphatic rings. The average molecular weight is 201 g/mol. The van der Waals surface area contributed by atoms with Crippen LogP contribution in [-0.2, 0) is 5.88 Å². The number of halogens is 1. The fraction of sp³-hybridized carbons (Fsp3) is 0.700. The molecule has 1 rings (SSSR count). The Morgan fingerprint density at radius 3 is 2.54 bits per heavy atom. The molecular formula is C10H17ClN2. The molecule has 1 heterocycles. The van der Waals surface area contributed by atoms with Crippen LogP contribution >= 0.6 is 11.6 Å². The predicted molar refractivity (Wildman–Crippen MR) is 56.0 cm³/mol. The van der Waals surface area contributed by atoms with Gasteiger partial charge in [-0.2, -0.15) is 0 Å². The Morgan fingerprint density at radius 1 is 1.54 bits per heavy atom. The zero-order valence-corrected chi connectivity index (χ0v) is 9.47. The number of nitrogens with zero attached hydrogens (tertiary/aromatic N) is 2. The third-order valence-corrected chi connectivity index (χ3v) is 2.77. The van der Waals surface area contributed by atoms with Gasteiger partial charge in [0, 0.05) is 12.2 Å². The quantitative estimate of drug-likeness (QED) is 0.671. The topological polar surface area (TPSA) is 17.8 Å². The Morgan fingerprint density at radius 2 is 2.15 bits per heavy atom. The zero-order valence-electron chi connectivity index (χ0n) is 8.71. The number of hydrogen-bond donors (Lipinski definition) is 0. The summed E-state index contributed by atoms with van der Waals surface area (Å²) in [5, 5.41) is 0. The van der Waals surface area contributed by atoms with E-state index in [1.54, 1.807) is 0 Å². The molecule has 0 aliphatic heterocycles. The maximum Gasteiger partial charge on any atom is 0.0952 e. The van der Waals surface area contributed by atoms with Crippen LogP contribution in [0.5, 0.6) is 0 Å². The van der Waals surface area contributed by atoms with Gasteiger partial charge in [-0.15, -0.1) is 11.6 Å². The van der Waals surface area contributed by atoms with Gasteiger partial charge in [-0.3, -0.25) is 0 Å². The van der Waals surface area contributed by atoms with E-state index in [1.165, 1.54) is 0 Å². The SMILES string of the molecule is CC(n1cnc(CCl)c1)C(C)(C)C. The van der Waals surface area contributed by atoms with Crippen LogP contribution in [0.4, 0.5) is 0 Å². The Bertz CT molecular complexity index is 273. The maximum atomic E-state index is 5.68. The number of imidazole rings is 1. The van der Waals surface area contributed by atoms with Crippen LogP contribution < -0.4 is 0 Å². The van der Waals surface area contributed by atoms with Crippen molar-refractivity contribution in [1.82, 2.24) is 9.55 Å². The smallest absolute Gasteiger partial charge is 0.0952 e. The van der Waals surface area contributed by atoms with Crippen molar-refractivity contribution in [1.29, 1.82) is 0 Å². The first-order valence-corrected chi connectivity index (χ1v) is 5.07. The second-order valence-electron chi connectivity index (χ2n) is 4.49. The molecule has 1 aromatic heterocycles. The summed E-state index contributed by atoms with van der Waals surface area (Å²) in [7, 11) is 0. The molecule has 0 spiro atoms. The normalized spacial score (nSPS) is 14.5. The molecular weight excluding hydrogens is 184 g/mol. The highest BCUT2D eigenvalue weighted by atomic mass is 35.5. The minimum Gasteiger partial charge on any atom is -0.334 e. The molecule has 0 amide bonds. The molecule has 0 aromatic carbocycles. The molecule has 0 aliphatic carbocycles. The van der Waals surface area contributed by atoms with Crippen molar-refractivity contribution in [3.05, 3.63) is 18.2 Å². The molecule has 0 bridgehead atoms. The zero-order chi connectivity index (χ0) is 10.1. The molecule has 1 aromatic rings. The molecule has 3 heteroatoms. The largest absolute Gasteiger partial charge is 0.334 e. The van der Waals surface area contributed by atoms with E-state index in [-0.39, 0.29) is 5.41 Å². The van der Waals surface area contributed by atoms with E-state index in [0.29, 0.717) is 11.9 Å². The Kier molecular flexibility index (Phi) is 3.01. The summed E-state index contributed by atoms with van der Waals surface area (Å²) in [5.74, 6) is 0.490. The molecule has 1 unspecified atom stereocenters. The minimum atomic E-state index is 0.254. The number of aromatic nitrogens is 2. The van der Waals surface area contributed by atoms with Crippen molar-refractivity contribution >= 4 is 11.6 Å². The highest BCUT2D eigenvalue weighted by molar-refractivity contribution is 6.16. The molecule has 2 nitrogen and oxygen atoms in total. The Balaban J connectivity index is 2.83. The minimum absolute atomic E-state index is 0.254. The van der Waals surface area contributed by atoms with Crippen molar-refractivity contribution < 1.29 is 0 Å². The van der Waals surface area contributed by atoms with Crippen LogP contribution in [0.15, 0.2) is 12.5 Å². The van der Waals surface area contributed by atoms with Crippen LogP contribution in [-0.4, -0.2) is 9.55 Å². The van der Waals surface area contributed by atoms with Crippen LogP contribution in [0.2, 0.25) is 0 Å². The summed E-state index contributed by atoms with van der Waals surface area (Å²) in [6, 6.07) is 0.442. The molecule has 0 saturated carbocycles. The molecule has 0 N–H and O–H groups in total. The van der Waals surface area contributed by atoms with Gasteiger partial charge in [-0.25, -0.2) is 4.98 Å². The highest BCUT2D eigenvalue weighted by Gasteiger charge is 2.21. The third kappa shape index (κ3) is 2.47. The first kappa shape index (κ1) is 10.6. The van der Waals surface area contributed by atoms with Crippen molar-refractivity contribution in [2.24, 2.45) is 5.41 Å². The van der Waals surface area contributed by atoms with Crippen LogP contribution in [0.3, 0.4) is 0 Å². The van der Waals surface area contributed by atoms with Gasteiger partial charge in [0.05, 0.1) is 17.9 Å².